The second-order valence-corrected chi connectivity index (χ2v) is 13.6. The maximum atomic E-state index is 11.7. The third-order valence-electron chi connectivity index (χ3n) is 11.7. The normalized spacial score (nSPS) is 44.6. The quantitative estimate of drug-likeness (QED) is 0.360. The van der Waals surface area contributed by atoms with E-state index in [4.69, 9.17) is 0 Å². The van der Waals surface area contributed by atoms with Crippen molar-refractivity contribution in [3.8, 4) is 0 Å². The Labute approximate surface area is 205 Å². The number of hydrogen-bond donors (Lipinski definition) is 5. The highest BCUT2D eigenvalue weighted by molar-refractivity contribution is 5.70. The lowest BCUT2D eigenvalue weighted by atomic mass is 9.43. The SMILES string of the molecule is CC(C)C(CC[C@@H](C)[C@H]1CC[C@H]2[C@@H]3CC[C@@H]4CC(O)(O)C(O)(O)C[C@]4(C)[C@H]3CC[C@]12C)C(=O)O. The van der Waals surface area contributed by atoms with Crippen LogP contribution in [0.1, 0.15) is 98.8 Å². The lowest BCUT2D eigenvalue weighted by molar-refractivity contribution is -0.398. The highest BCUT2D eigenvalue weighted by Gasteiger charge is 2.66. The lowest BCUT2D eigenvalue weighted by Crippen LogP contribution is -2.66. The zero-order valence-corrected chi connectivity index (χ0v) is 21.8. The molecule has 4 rings (SSSR count). The Bertz CT molecular complexity index is 777. The first kappa shape index (κ1) is 26.4. The van der Waals surface area contributed by atoms with Crippen LogP contribution in [0.25, 0.3) is 0 Å². The number of aliphatic hydroxyl groups is 4. The maximum absolute atomic E-state index is 11.7. The summed E-state index contributed by atoms with van der Waals surface area (Å²) < 4.78 is 0. The van der Waals surface area contributed by atoms with Crippen LogP contribution in [0, 0.1) is 58.2 Å². The van der Waals surface area contributed by atoms with Crippen LogP contribution in [0.4, 0.5) is 0 Å². The first-order valence-corrected chi connectivity index (χ1v) is 13.8. The van der Waals surface area contributed by atoms with Gasteiger partial charge >= 0.3 is 5.97 Å². The van der Waals surface area contributed by atoms with Crippen LogP contribution in [0.3, 0.4) is 0 Å². The molecule has 0 aliphatic heterocycles. The Hall–Kier alpha value is -0.690. The molecule has 196 valence electrons. The van der Waals surface area contributed by atoms with E-state index in [0.29, 0.717) is 29.6 Å². The molecule has 0 aromatic rings. The van der Waals surface area contributed by atoms with Crippen molar-refractivity contribution in [1.82, 2.24) is 0 Å². The number of carbonyl (C=O) groups is 1. The number of rotatable bonds is 6. The molecule has 1 unspecified atom stereocenters. The highest BCUT2D eigenvalue weighted by Crippen LogP contribution is 2.69. The monoisotopic (exact) mass is 480 g/mol. The molecular weight excluding hydrogens is 432 g/mol. The van der Waals surface area contributed by atoms with E-state index >= 15 is 0 Å². The van der Waals surface area contributed by atoms with E-state index in [-0.39, 0.29) is 41.4 Å². The molecule has 4 saturated carbocycles. The first-order valence-electron chi connectivity index (χ1n) is 13.8. The van der Waals surface area contributed by atoms with Gasteiger partial charge in [0.25, 0.3) is 0 Å². The summed E-state index contributed by atoms with van der Waals surface area (Å²) in [6.45, 7) is 11.0. The van der Waals surface area contributed by atoms with Crippen molar-refractivity contribution in [3.05, 3.63) is 0 Å². The molecule has 0 aromatic heterocycles. The lowest BCUT2D eigenvalue weighted by Gasteiger charge is -2.63. The zero-order valence-electron chi connectivity index (χ0n) is 21.8. The molecule has 0 radical (unpaired) electrons. The number of carboxylic acids is 1. The summed E-state index contributed by atoms with van der Waals surface area (Å²) >= 11 is 0. The van der Waals surface area contributed by atoms with Gasteiger partial charge in [-0.3, -0.25) is 4.79 Å². The van der Waals surface area contributed by atoms with Crippen molar-refractivity contribution >= 4 is 5.97 Å². The summed E-state index contributed by atoms with van der Waals surface area (Å²) in [7, 11) is 0. The Morgan fingerprint density at radius 2 is 1.50 bits per heavy atom. The minimum atomic E-state index is -2.47. The molecule has 4 aliphatic carbocycles. The van der Waals surface area contributed by atoms with Crippen LogP contribution in [0.5, 0.6) is 0 Å². The van der Waals surface area contributed by atoms with Gasteiger partial charge in [-0.05, 0) is 104 Å². The molecule has 9 atom stereocenters. The molecule has 0 saturated heterocycles. The van der Waals surface area contributed by atoms with Gasteiger partial charge < -0.3 is 25.5 Å². The maximum Gasteiger partial charge on any atom is 0.306 e. The van der Waals surface area contributed by atoms with Crippen molar-refractivity contribution in [3.63, 3.8) is 0 Å². The fraction of sp³-hybridized carbons (Fsp3) is 0.964. The second kappa shape index (κ2) is 8.71. The van der Waals surface area contributed by atoms with Crippen molar-refractivity contribution in [2.24, 2.45) is 58.2 Å². The van der Waals surface area contributed by atoms with Gasteiger partial charge in [0.15, 0.2) is 0 Å². The van der Waals surface area contributed by atoms with E-state index in [1.807, 2.05) is 13.8 Å². The van der Waals surface area contributed by atoms with Gasteiger partial charge in [-0.15, -0.1) is 0 Å². The van der Waals surface area contributed by atoms with E-state index in [2.05, 4.69) is 20.8 Å². The van der Waals surface area contributed by atoms with E-state index in [0.717, 1.165) is 38.5 Å². The van der Waals surface area contributed by atoms with Gasteiger partial charge in [-0.2, -0.15) is 0 Å². The van der Waals surface area contributed by atoms with Gasteiger partial charge in [0.2, 0.25) is 11.6 Å². The van der Waals surface area contributed by atoms with Crippen molar-refractivity contribution in [2.45, 2.75) is 110 Å². The van der Waals surface area contributed by atoms with Crippen molar-refractivity contribution < 1.29 is 30.3 Å². The third-order valence-corrected chi connectivity index (χ3v) is 11.7. The topological polar surface area (TPSA) is 118 Å². The predicted molar refractivity (Wildman–Crippen MR) is 129 cm³/mol. The molecule has 4 aliphatic rings. The van der Waals surface area contributed by atoms with Gasteiger partial charge in [0.05, 0.1) is 5.92 Å². The summed E-state index contributed by atoms with van der Waals surface area (Å²) in [6, 6.07) is 0. The minimum absolute atomic E-state index is 0.0217. The first-order chi connectivity index (χ1) is 15.6. The highest BCUT2D eigenvalue weighted by atomic mass is 16.6. The third kappa shape index (κ3) is 4.05. The van der Waals surface area contributed by atoms with E-state index < -0.39 is 17.5 Å². The molecular formula is C28H48O6. The Morgan fingerprint density at radius 3 is 2.12 bits per heavy atom. The van der Waals surface area contributed by atoms with Crippen LogP contribution >= 0.6 is 0 Å². The summed E-state index contributed by atoms with van der Waals surface area (Å²) in [6.07, 6.45) is 8.33. The smallest absolute Gasteiger partial charge is 0.306 e. The summed E-state index contributed by atoms with van der Waals surface area (Å²) in [5.74, 6) is -2.96. The predicted octanol–water partition coefficient (Wildman–Crippen LogP) is 4.39. The van der Waals surface area contributed by atoms with Crippen molar-refractivity contribution in [1.29, 1.82) is 0 Å². The van der Waals surface area contributed by atoms with Gasteiger partial charge in [0, 0.05) is 12.8 Å². The molecule has 0 aromatic carbocycles. The Kier molecular flexibility index (Phi) is 6.76. The fourth-order valence-electron chi connectivity index (χ4n) is 9.69. The van der Waals surface area contributed by atoms with Crippen LogP contribution in [0.2, 0.25) is 0 Å². The van der Waals surface area contributed by atoms with Crippen molar-refractivity contribution in [2.75, 3.05) is 0 Å². The molecule has 0 bridgehead atoms. The molecule has 5 N–H and O–H groups in total. The van der Waals surface area contributed by atoms with Gasteiger partial charge in [0.1, 0.15) is 0 Å². The molecule has 34 heavy (non-hydrogen) atoms. The number of hydrogen-bond acceptors (Lipinski definition) is 5. The Balaban J connectivity index is 1.49. The number of aliphatic carboxylic acids is 1. The van der Waals surface area contributed by atoms with Crippen LogP contribution < -0.4 is 0 Å². The minimum Gasteiger partial charge on any atom is -0.481 e. The standard InChI is InChI=1S/C28H48O6/c1-16(2)19(24(29)30)8-6-17(3)21-10-11-22-20-9-7-18-14-27(31,32)28(33,34)15-26(18,5)23(20)12-13-25(21,22)4/h16-23,31-34H,6-15H2,1-5H3,(H,29,30)/t17-,18-,19?,20+,21-,22+,23+,25-,26+/m1/s1. The Morgan fingerprint density at radius 1 is 0.853 bits per heavy atom. The van der Waals surface area contributed by atoms with E-state index in [1.165, 1.54) is 12.8 Å². The second-order valence-electron chi connectivity index (χ2n) is 13.6. The van der Waals surface area contributed by atoms with Crippen LogP contribution in [-0.4, -0.2) is 43.1 Å². The largest absolute Gasteiger partial charge is 0.481 e. The fourth-order valence-corrected chi connectivity index (χ4v) is 9.69. The zero-order chi connectivity index (χ0) is 25.3. The summed E-state index contributed by atoms with van der Waals surface area (Å²) in [5.41, 5.74) is -0.0411. The van der Waals surface area contributed by atoms with Crippen LogP contribution in [0.15, 0.2) is 0 Å². The number of fused-ring (bicyclic) bond motifs is 5. The number of carboxylic acid groups (broad SMARTS) is 1. The molecule has 0 heterocycles. The molecule has 6 nitrogen and oxygen atoms in total. The van der Waals surface area contributed by atoms with E-state index in [9.17, 15) is 30.3 Å². The average Bonchev–Trinajstić information content (AvgIpc) is 3.05. The summed E-state index contributed by atoms with van der Waals surface area (Å²) in [5, 5.41) is 51.3. The molecule has 0 spiro atoms. The summed E-state index contributed by atoms with van der Waals surface area (Å²) in [4.78, 5) is 11.7. The van der Waals surface area contributed by atoms with E-state index in [1.54, 1.807) is 0 Å². The molecule has 0 amide bonds. The van der Waals surface area contributed by atoms with Gasteiger partial charge in [-0.25, -0.2) is 0 Å². The van der Waals surface area contributed by atoms with Gasteiger partial charge in [-0.1, -0.05) is 34.6 Å². The molecule has 4 fully saturated rings. The average molecular weight is 481 g/mol. The molecule has 6 heteroatoms. The van der Waals surface area contributed by atoms with Crippen LogP contribution in [-0.2, 0) is 4.79 Å².